The van der Waals surface area contributed by atoms with E-state index in [0.717, 1.165) is 41.7 Å². The van der Waals surface area contributed by atoms with Gasteiger partial charge in [-0.05, 0) is 68.0 Å². The van der Waals surface area contributed by atoms with Gasteiger partial charge in [0.1, 0.15) is 12.4 Å². The van der Waals surface area contributed by atoms with Crippen LogP contribution in [0.5, 0.6) is 5.75 Å². The van der Waals surface area contributed by atoms with E-state index < -0.39 is 0 Å². The molecule has 1 aromatic heterocycles. The number of Topliss-reactive ketones (excluding diaryl/α,β-unsaturated/α-hetero) is 1. The number of benzene rings is 1. The molecule has 3 aliphatic heterocycles. The molecule has 0 amide bonds. The summed E-state index contributed by atoms with van der Waals surface area (Å²) in [5.74, 6) is 2.02. The second-order valence-electron chi connectivity index (χ2n) is 7.96. The average Bonchev–Trinajstić information content (AvgIpc) is 2.73. The van der Waals surface area contributed by atoms with Gasteiger partial charge in [-0.3, -0.25) is 14.7 Å². The van der Waals surface area contributed by atoms with Crippen LogP contribution in [0.4, 0.5) is 0 Å². The smallest absolute Gasteiger partial charge is 0.155 e. The minimum absolute atomic E-state index is 0.0425. The van der Waals surface area contributed by atoms with Gasteiger partial charge in [-0.25, -0.2) is 0 Å². The lowest BCUT2D eigenvalue weighted by Crippen LogP contribution is -2.55. The number of pyridine rings is 1. The maximum absolute atomic E-state index is 11.7. The minimum atomic E-state index is -0.171. The highest BCUT2D eigenvalue weighted by Crippen LogP contribution is 2.43. The summed E-state index contributed by atoms with van der Waals surface area (Å²) in [6.45, 7) is 7.82. The molecule has 1 unspecified atom stereocenters. The molecule has 3 saturated heterocycles. The number of carbonyl (C=O) groups excluding carboxylic acids is 1. The molecule has 28 heavy (non-hydrogen) atoms. The number of ketones is 1. The molecule has 5 rings (SSSR count). The zero-order chi connectivity index (χ0) is 19.7. The molecular weight excluding hydrogens is 352 g/mol. The summed E-state index contributed by atoms with van der Waals surface area (Å²) < 4.78 is 11.7. The predicted octanol–water partition coefficient (Wildman–Crippen LogP) is 3.79. The Morgan fingerprint density at radius 1 is 1.43 bits per heavy atom. The van der Waals surface area contributed by atoms with Gasteiger partial charge >= 0.3 is 0 Å². The molecule has 0 aliphatic carbocycles. The van der Waals surface area contributed by atoms with Gasteiger partial charge in [0.25, 0.3) is 0 Å². The molecule has 0 N–H and O–H groups in total. The number of ether oxygens (including phenoxy) is 2. The number of nitrogens with zero attached hydrogens (tertiary/aromatic N) is 2. The predicted molar refractivity (Wildman–Crippen MR) is 109 cm³/mol. The fraction of sp³-hybridized carbons (Fsp3) is 0.478. The molecular formula is C23H28N2O3. The van der Waals surface area contributed by atoms with E-state index in [0.29, 0.717) is 11.8 Å². The molecule has 148 valence electrons. The molecule has 5 atom stereocenters. The second kappa shape index (κ2) is 8.02. The van der Waals surface area contributed by atoms with Gasteiger partial charge in [0, 0.05) is 24.2 Å². The van der Waals surface area contributed by atoms with Crippen LogP contribution in [0.15, 0.2) is 43.1 Å². The molecule has 2 bridgehead atoms. The van der Waals surface area contributed by atoms with Gasteiger partial charge in [0.05, 0.1) is 18.7 Å². The molecule has 5 nitrogen and oxygen atoms in total. The Morgan fingerprint density at radius 3 is 2.96 bits per heavy atom. The van der Waals surface area contributed by atoms with E-state index in [1.165, 1.54) is 6.42 Å². The average molecular weight is 380 g/mol. The number of aromatic nitrogens is 1. The summed E-state index contributed by atoms with van der Waals surface area (Å²) in [6.07, 6.45) is 6.03. The number of piperidine rings is 3. The summed E-state index contributed by atoms with van der Waals surface area (Å²) in [7, 11) is 1.67. The minimum Gasteiger partial charge on any atom is -0.497 e. The number of carbonyl (C=O) groups is 1. The summed E-state index contributed by atoms with van der Waals surface area (Å²) in [6, 6.07) is 8.20. The Labute approximate surface area is 166 Å². The molecule has 1 aromatic carbocycles. The number of hydrogen-bond acceptors (Lipinski definition) is 5. The lowest BCUT2D eigenvalue weighted by Gasteiger charge is -2.51. The Balaban J connectivity index is 1.74. The summed E-state index contributed by atoms with van der Waals surface area (Å²) in [5, 5.41) is 1.03. The van der Waals surface area contributed by atoms with Crippen molar-refractivity contribution in [3.05, 3.63) is 48.7 Å². The number of fused-ring (bicyclic) bond motifs is 4. The van der Waals surface area contributed by atoms with Crippen molar-refractivity contribution in [2.75, 3.05) is 26.8 Å². The molecule has 0 saturated carbocycles. The first-order valence-corrected chi connectivity index (χ1v) is 10.0. The van der Waals surface area contributed by atoms with E-state index in [-0.39, 0.29) is 24.5 Å². The Bertz CT molecular complexity index is 881. The largest absolute Gasteiger partial charge is 0.497 e. The summed E-state index contributed by atoms with van der Waals surface area (Å²) in [4.78, 5) is 18.7. The molecule has 0 spiro atoms. The maximum atomic E-state index is 11.7. The van der Waals surface area contributed by atoms with Crippen LogP contribution in [0.1, 0.15) is 31.4 Å². The van der Waals surface area contributed by atoms with E-state index in [1.807, 2.05) is 30.5 Å². The van der Waals surface area contributed by atoms with Crippen LogP contribution >= 0.6 is 0 Å². The van der Waals surface area contributed by atoms with Crippen molar-refractivity contribution in [1.29, 1.82) is 0 Å². The zero-order valence-electron chi connectivity index (χ0n) is 16.6. The van der Waals surface area contributed by atoms with E-state index in [4.69, 9.17) is 9.47 Å². The van der Waals surface area contributed by atoms with E-state index in [2.05, 4.69) is 22.5 Å². The third kappa shape index (κ3) is 3.56. The van der Waals surface area contributed by atoms with Crippen LogP contribution in [-0.4, -0.2) is 48.5 Å². The van der Waals surface area contributed by atoms with Crippen molar-refractivity contribution >= 4 is 16.7 Å². The summed E-state index contributed by atoms with van der Waals surface area (Å²) >= 11 is 0. The fourth-order valence-electron chi connectivity index (χ4n) is 4.83. The van der Waals surface area contributed by atoms with Gasteiger partial charge < -0.3 is 9.47 Å². The number of hydrogen-bond donors (Lipinski definition) is 0. The van der Waals surface area contributed by atoms with Crippen LogP contribution in [-0.2, 0) is 9.53 Å². The van der Waals surface area contributed by atoms with Gasteiger partial charge in [0.2, 0.25) is 0 Å². The first-order valence-electron chi connectivity index (χ1n) is 10.0. The van der Waals surface area contributed by atoms with Crippen molar-refractivity contribution < 1.29 is 14.3 Å². The molecule has 2 aromatic rings. The highest BCUT2D eigenvalue weighted by Gasteiger charge is 2.43. The lowest BCUT2D eigenvalue weighted by atomic mass is 9.73. The standard InChI is InChI=1S/C23H28N2O3/c1-4-16-13-25-10-8-17(16)11-22(25)23(28-14-15(2)26)19-7-9-24-21-6-5-18(27-3)12-20(19)21/h4-7,9,12,16-17,22-23H,1,8,10-11,13-14H2,2-3H3/t16-,17-,22-,23+/m0/s1. The number of rotatable bonds is 7. The fourth-order valence-corrected chi connectivity index (χ4v) is 4.83. The number of methoxy groups -OCH3 is 1. The molecule has 5 heteroatoms. The van der Waals surface area contributed by atoms with Gasteiger partial charge in [-0.2, -0.15) is 0 Å². The van der Waals surface area contributed by atoms with Crippen LogP contribution in [0.25, 0.3) is 10.9 Å². The Kier molecular flexibility index (Phi) is 5.47. The molecule has 4 heterocycles. The first-order chi connectivity index (χ1) is 13.6. The monoisotopic (exact) mass is 380 g/mol. The van der Waals surface area contributed by atoms with Gasteiger partial charge in [-0.1, -0.05) is 6.08 Å². The van der Waals surface area contributed by atoms with E-state index >= 15 is 0 Å². The van der Waals surface area contributed by atoms with Crippen LogP contribution in [0.3, 0.4) is 0 Å². The highest BCUT2D eigenvalue weighted by molar-refractivity contribution is 5.84. The third-order valence-electron chi connectivity index (χ3n) is 6.26. The van der Waals surface area contributed by atoms with Crippen molar-refractivity contribution in [3.8, 4) is 5.75 Å². The Morgan fingerprint density at radius 2 is 2.29 bits per heavy atom. The highest BCUT2D eigenvalue weighted by atomic mass is 16.5. The van der Waals surface area contributed by atoms with Crippen LogP contribution in [0.2, 0.25) is 0 Å². The molecule has 3 fully saturated rings. The maximum Gasteiger partial charge on any atom is 0.155 e. The normalized spacial score (nSPS) is 27.5. The van der Waals surface area contributed by atoms with Gasteiger partial charge in [-0.15, -0.1) is 6.58 Å². The van der Waals surface area contributed by atoms with E-state index in [9.17, 15) is 4.79 Å². The van der Waals surface area contributed by atoms with Crippen molar-refractivity contribution in [1.82, 2.24) is 9.88 Å². The molecule has 3 aliphatic rings. The third-order valence-corrected chi connectivity index (χ3v) is 6.26. The van der Waals surface area contributed by atoms with Crippen LogP contribution in [0, 0.1) is 11.8 Å². The SMILES string of the molecule is C=C[C@H]1CN2CC[C@H]1C[C@H]2[C@H](OCC(C)=O)c1ccnc2ccc(OC)cc12. The van der Waals surface area contributed by atoms with Gasteiger partial charge in [0.15, 0.2) is 5.78 Å². The van der Waals surface area contributed by atoms with Crippen LogP contribution < -0.4 is 4.74 Å². The Hall–Kier alpha value is -2.24. The van der Waals surface area contributed by atoms with Crippen molar-refractivity contribution in [2.45, 2.75) is 31.9 Å². The van der Waals surface area contributed by atoms with Crippen molar-refractivity contribution in [2.24, 2.45) is 11.8 Å². The topological polar surface area (TPSA) is 51.7 Å². The second-order valence-corrected chi connectivity index (χ2v) is 7.96. The molecule has 0 radical (unpaired) electrons. The summed E-state index contributed by atoms with van der Waals surface area (Å²) in [5.41, 5.74) is 1.99. The van der Waals surface area contributed by atoms with E-state index in [1.54, 1.807) is 14.0 Å². The first kappa shape index (κ1) is 19.1. The quantitative estimate of drug-likeness (QED) is 0.684. The van der Waals surface area contributed by atoms with Crippen molar-refractivity contribution in [3.63, 3.8) is 0 Å². The lowest BCUT2D eigenvalue weighted by molar-refractivity contribution is -0.128. The zero-order valence-corrected chi connectivity index (χ0v) is 16.6.